The number of carbonyl (C=O) groups is 2. The van der Waals surface area contributed by atoms with Gasteiger partial charge in [-0.05, 0) is 38.0 Å². The zero-order valence-corrected chi connectivity index (χ0v) is 11.0. The number of nitrogens with zero attached hydrogens (tertiary/aromatic N) is 2. The number of urea groups is 1. The van der Waals surface area contributed by atoms with Crippen molar-refractivity contribution in [3.63, 3.8) is 0 Å². The first-order valence-corrected chi connectivity index (χ1v) is 6.85. The van der Waals surface area contributed by atoms with Crippen LogP contribution in [0.5, 0.6) is 0 Å². The molecule has 1 saturated heterocycles. The van der Waals surface area contributed by atoms with Crippen molar-refractivity contribution < 1.29 is 14.7 Å². The van der Waals surface area contributed by atoms with Gasteiger partial charge in [0.2, 0.25) is 0 Å². The molecule has 1 unspecified atom stereocenters. The van der Waals surface area contributed by atoms with Crippen LogP contribution in [0.4, 0.5) is 4.79 Å². The predicted molar refractivity (Wildman–Crippen MR) is 67.3 cm³/mol. The summed E-state index contributed by atoms with van der Waals surface area (Å²) >= 11 is 0. The summed E-state index contributed by atoms with van der Waals surface area (Å²) in [6, 6.07) is 0.0864. The van der Waals surface area contributed by atoms with E-state index < -0.39 is 5.97 Å². The monoisotopic (exact) mass is 254 g/mol. The summed E-state index contributed by atoms with van der Waals surface area (Å²) < 4.78 is 0. The Hall–Kier alpha value is -1.26. The zero-order valence-electron chi connectivity index (χ0n) is 11.0. The first-order valence-electron chi connectivity index (χ1n) is 6.85. The fraction of sp³-hybridized carbons (Fsp3) is 0.846. The van der Waals surface area contributed by atoms with E-state index in [0.29, 0.717) is 5.92 Å². The molecule has 5 heteroatoms. The van der Waals surface area contributed by atoms with Crippen molar-refractivity contribution in [2.75, 3.05) is 19.6 Å². The molecular formula is C13H22N2O3. The molecule has 0 aromatic heterocycles. The Labute approximate surface area is 108 Å². The van der Waals surface area contributed by atoms with E-state index in [-0.39, 0.29) is 18.6 Å². The summed E-state index contributed by atoms with van der Waals surface area (Å²) in [5.41, 5.74) is 0. The van der Waals surface area contributed by atoms with Crippen LogP contribution in [0.2, 0.25) is 0 Å². The standard InChI is InChI=1S/C13H22N2O3/c1-10-3-2-7-14(8-6-10)13(18)15(9-12(16)17)11-4-5-11/h10-11H,2-9H2,1H3,(H,16,17). The molecule has 102 valence electrons. The first kappa shape index (κ1) is 13.2. The molecule has 1 N–H and O–H groups in total. The van der Waals surface area contributed by atoms with Crippen molar-refractivity contribution >= 4 is 12.0 Å². The van der Waals surface area contributed by atoms with Crippen molar-refractivity contribution in [3.05, 3.63) is 0 Å². The summed E-state index contributed by atoms with van der Waals surface area (Å²) in [4.78, 5) is 26.6. The minimum absolute atomic E-state index is 0.0750. The van der Waals surface area contributed by atoms with E-state index in [2.05, 4.69) is 6.92 Å². The summed E-state index contributed by atoms with van der Waals surface area (Å²) in [6.45, 7) is 3.59. The van der Waals surface area contributed by atoms with Crippen LogP contribution in [-0.4, -0.2) is 52.6 Å². The quantitative estimate of drug-likeness (QED) is 0.835. The second kappa shape index (κ2) is 5.59. The molecule has 0 radical (unpaired) electrons. The number of carbonyl (C=O) groups excluding carboxylic acids is 1. The average molecular weight is 254 g/mol. The maximum atomic E-state index is 12.4. The van der Waals surface area contributed by atoms with Gasteiger partial charge in [-0.25, -0.2) is 4.79 Å². The van der Waals surface area contributed by atoms with E-state index in [4.69, 9.17) is 5.11 Å². The van der Waals surface area contributed by atoms with Gasteiger partial charge in [-0.1, -0.05) is 6.92 Å². The topological polar surface area (TPSA) is 60.9 Å². The third-order valence-electron chi connectivity index (χ3n) is 3.83. The van der Waals surface area contributed by atoms with Crippen LogP contribution in [0.25, 0.3) is 0 Å². The molecule has 1 aliphatic carbocycles. The van der Waals surface area contributed by atoms with Gasteiger partial charge in [0.15, 0.2) is 0 Å². The predicted octanol–water partition coefficient (Wildman–Crippen LogP) is 1.78. The largest absolute Gasteiger partial charge is 0.480 e. The Bertz CT molecular complexity index is 328. The van der Waals surface area contributed by atoms with Crippen molar-refractivity contribution in [2.45, 2.75) is 45.1 Å². The van der Waals surface area contributed by atoms with Crippen molar-refractivity contribution in [1.82, 2.24) is 9.80 Å². The lowest BCUT2D eigenvalue weighted by atomic mass is 10.0. The summed E-state index contributed by atoms with van der Waals surface area (Å²) in [7, 11) is 0. The minimum atomic E-state index is -0.918. The Morgan fingerprint density at radius 2 is 1.94 bits per heavy atom. The third-order valence-corrected chi connectivity index (χ3v) is 3.83. The van der Waals surface area contributed by atoms with Crippen LogP contribution >= 0.6 is 0 Å². The van der Waals surface area contributed by atoms with E-state index in [0.717, 1.165) is 45.2 Å². The Balaban J connectivity index is 1.96. The number of rotatable bonds is 3. The third kappa shape index (κ3) is 3.37. The highest BCUT2D eigenvalue weighted by Gasteiger charge is 2.36. The van der Waals surface area contributed by atoms with Crippen molar-refractivity contribution in [3.8, 4) is 0 Å². The molecule has 1 saturated carbocycles. The number of carboxylic acid groups (broad SMARTS) is 1. The molecule has 1 atom stereocenters. The number of likely N-dealkylation sites (tertiary alicyclic amines) is 1. The molecule has 2 fully saturated rings. The van der Waals surface area contributed by atoms with Gasteiger partial charge in [0.1, 0.15) is 6.54 Å². The van der Waals surface area contributed by atoms with Gasteiger partial charge in [-0.15, -0.1) is 0 Å². The molecule has 1 aliphatic heterocycles. The lowest BCUT2D eigenvalue weighted by Crippen LogP contribution is -2.46. The maximum Gasteiger partial charge on any atom is 0.323 e. The van der Waals surface area contributed by atoms with Crippen molar-refractivity contribution in [2.24, 2.45) is 5.92 Å². The van der Waals surface area contributed by atoms with Crippen LogP contribution in [0, 0.1) is 5.92 Å². The van der Waals surface area contributed by atoms with Crippen LogP contribution < -0.4 is 0 Å². The van der Waals surface area contributed by atoms with Gasteiger partial charge in [0.25, 0.3) is 0 Å². The van der Waals surface area contributed by atoms with E-state index in [1.54, 1.807) is 4.90 Å². The SMILES string of the molecule is CC1CCCN(C(=O)N(CC(=O)O)C2CC2)CC1. The molecule has 0 aromatic rings. The van der Waals surface area contributed by atoms with Gasteiger partial charge >= 0.3 is 12.0 Å². The van der Waals surface area contributed by atoms with E-state index in [1.165, 1.54) is 0 Å². The normalized spacial score (nSPS) is 24.5. The lowest BCUT2D eigenvalue weighted by Gasteiger charge is -2.29. The molecule has 0 spiro atoms. The number of amides is 2. The fourth-order valence-corrected chi connectivity index (χ4v) is 2.52. The van der Waals surface area contributed by atoms with E-state index in [9.17, 15) is 9.59 Å². The smallest absolute Gasteiger partial charge is 0.323 e. The van der Waals surface area contributed by atoms with Crippen LogP contribution in [0.3, 0.4) is 0 Å². The fourth-order valence-electron chi connectivity index (χ4n) is 2.52. The minimum Gasteiger partial charge on any atom is -0.480 e. The highest BCUT2D eigenvalue weighted by Crippen LogP contribution is 2.28. The van der Waals surface area contributed by atoms with E-state index >= 15 is 0 Å². The van der Waals surface area contributed by atoms with Gasteiger partial charge in [0, 0.05) is 19.1 Å². The Morgan fingerprint density at radius 3 is 2.56 bits per heavy atom. The summed E-state index contributed by atoms with van der Waals surface area (Å²) in [5.74, 6) is -0.255. The highest BCUT2D eigenvalue weighted by atomic mass is 16.4. The molecule has 0 aromatic carbocycles. The van der Waals surface area contributed by atoms with Gasteiger partial charge < -0.3 is 14.9 Å². The molecule has 1 heterocycles. The molecule has 2 aliphatic rings. The number of carboxylic acids is 1. The zero-order chi connectivity index (χ0) is 13.1. The highest BCUT2D eigenvalue weighted by molar-refractivity contribution is 5.80. The average Bonchev–Trinajstić information content (AvgIpc) is 3.12. The second-order valence-corrected chi connectivity index (χ2v) is 5.56. The molecule has 18 heavy (non-hydrogen) atoms. The Kier molecular flexibility index (Phi) is 4.09. The maximum absolute atomic E-state index is 12.4. The van der Waals surface area contributed by atoms with Crippen LogP contribution in [0.1, 0.15) is 39.0 Å². The van der Waals surface area contributed by atoms with Gasteiger partial charge in [-0.2, -0.15) is 0 Å². The molecular weight excluding hydrogens is 232 g/mol. The van der Waals surface area contributed by atoms with Crippen LogP contribution in [0.15, 0.2) is 0 Å². The van der Waals surface area contributed by atoms with Crippen molar-refractivity contribution in [1.29, 1.82) is 0 Å². The molecule has 2 amide bonds. The van der Waals surface area contributed by atoms with Crippen LogP contribution in [-0.2, 0) is 4.79 Å². The summed E-state index contributed by atoms with van der Waals surface area (Å²) in [6.07, 6.45) is 5.11. The second-order valence-electron chi connectivity index (χ2n) is 5.56. The first-order chi connectivity index (χ1) is 8.58. The van der Waals surface area contributed by atoms with E-state index in [1.807, 2.05) is 4.90 Å². The summed E-state index contributed by atoms with van der Waals surface area (Å²) in [5, 5.41) is 8.89. The molecule has 5 nitrogen and oxygen atoms in total. The van der Waals surface area contributed by atoms with Gasteiger partial charge in [-0.3, -0.25) is 4.79 Å². The van der Waals surface area contributed by atoms with Gasteiger partial charge in [0.05, 0.1) is 0 Å². The number of hydrogen-bond donors (Lipinski definition) is 1. The molecule has 0 bridgehead atoms. The Morgan fingerprint density at radius 1 is 1.22 bits per heavy atom. The number of aliphatic carboxylic acids is 1. The lowest BCUT2D eigenvalue weighted by molar-refractivity contribution is -0.137. The number of hydrogen-bond acceptors (Lipinski definition) is 2. The molecule has 2 rings (SSSR count).